The van der Waals surface area contributed by atoms with Gasteiger partial charge in [-0.2, -0.15) is 0 Å². The average molecular weight is 251 g/mol. The van der Waals surface area contributed by atoms with Crippen LogP contribution in [0.5, 0.6) is 0 Å². The van der Waals surface area contributed by atoms with Crippen LogP contribution in [0.15, 0.2) is 24.3 Å². The minimum absolute atomic E-state index is 0.299. The van der Waals surface area contributed by atoms with Crippen LogP contribution in [0.4, 0.5) is 4.39 Å². The van der Waals surface area contributed by atoms with Gasteiger partial charge in [-0.1, -0.05) is 12.1 Å². The van der Waals surface area contributed by atoms with Crippen LogP contribution < -0.4 is 0 Å². The maximum Gasteiger partial charge on any atom is 0.314 e. The van der Waals surface area contributed by atoms with Gasteiger partial charge in [0.25, 0.3) is 0 Å². The monoisotopic (exact) mass is 251 g/mol. The molecule has 1 heterocycles. The summed E-state index contributed by atoms with van der Waals surface area (Å²) in [5.74, 6) is -1.01. The van der Waals surface area contributed by atoms with Crippen molar-refractivity contribution in [1.29, 1.82) is 0 Å². The lowest BCUT2D eigenvalue weighted by atomic mass is 9.98. The minimum atomic E-state index is -0.399. The molecule has 3 nitrogen and oxygen atoms in total. The van der Waals surface area contributed by atoms with E-state index in [4.69, 9.17) is 4.74 Å². The maximum atomic E-state index is 13.2. The predicted molar refractivity (Wildman–Crippen MR) is 66.8 cm³/mol. The highest BCUT2D eigenvalue weighted by molar-refractivity contribution is 5.78. The van der Waals surface area contributed by atoms with Gasteiger partial charge in [0.1, 0.15) is 5.82 Å². The van der Waals surface area contributed by atoms with Crippen molar-refractivity contribution in [3.63, 3.8) is 0 Å². The number of benzene rings is 1. The first-order valence-electron chi connectivity index (χ1n) is 6.26. The number of nitrogens with zero attached hydrogens (tertiary/aromatic N) is 1. The number of halogens is 1. The highest BCUT2D eigenvalue weighted by Crippen LogP contribution is 2.22. The molecule has 0 N–H and O–H groups in total. The van der Waals surface area contributed by atoms with Crippen molar-refractivity contribution < 1.29 is 13.9 Å². The first-order valence-corrected chi connectivity index (χ1v) is 6.26. The van der Waals surface area contributed by atoms with E-state index in [0.29, 0.717) is 12.1 Å². The molecule has 1 saturated heterocycles. The largest absolute Gasteiger partial charge is 0.469 e. The molecule has 18 heavy (non-hydrogen) atoms. The zero-order valence-corrected chi connectivity index (χ0v) is 10.6. The van der Waals surface area contributed by atoms with Gasteiger partial charge in [-0.15, -0.1) is 0 Å². The minimum Gasteiger partial charge on any atom is -0.469 e. The second kappa shape index (κ2) is 5.96. The summed E-state index contributed by atoms with van der Waals surface area (Å²) in [6.45, 7) is 2.61. The zero-order valence-electron chi connectivity index (χ0n) is 10.6. The fourth-order valence-electron chi connectivity index (χ4n) is 2.41. The van der Waals surface area contributed by atoms with Gasteiger partial charge in [-0.3, -0.25) is 4.79 Å². The molecule has 1 unspecified atom stereocenters. The molecule has 1 aromatic carbocycles. The summed E-state index contributed by atoms with van der Waals surface area (Å²) >= 11 is 0. The molecule has 98 valence electrons. The number of rotatable bonds is 4. The molecule has 4 heteroatoms. The summed E-state index contributed by atoms with van der Waals surface area (Å²) in [5.41, 5.74) is 0.689. The lowest BCUT2D eigenvalue weighted by Gasteiger charge is -2.21. The Hall–Kier alpha value is -1.42. The standard InChI is InChI=1S/C14H18FNO2/c1-18-14(17)13(10-16-7-2-3-8-16)11-5-4-6-12(15)9-11/h4-6,9,13H,2-3,7-8,10H2,1H3. The Morgan fingerprint density at radius 3 is 2.78 bits per heavy atom. The number of likely N-dealkylation sites (tertiary alicyclic amines) is 1. The third-order valence-corrected chi connectivity index (χ3v) is 3.38. The molecule has 0 amide bonds. The third kappa shape index (κ3) is 3.07. The summed E-state index contributed by atoms with van der Waals surface area (Å²) < 4.78 is 18.1. The predicted octanol–water partition coefficient (Wildman–Crippen LogP) is 2.18. The van der Waals surface area contributed by atoms with Gasteiger partial charge in [0.05, 0.1) is 13.0 Å². The molecular formula is C14H18FNO2. The van der Waals surface area contributed by atoms with Crippen LogP contribution in [0.2, 0.25) is 0 Å². The van der Waals surface area contributed by atoms with Crippen LogP contribution in [-0.4, -0.2) is 37.6 Å². The van der Waals surface area contributed by atoms with Crippen molar-refractivity contribution in [1.82, 2.24) is 4.90 Å². The van der Waals surface area contributed by atoms with Gasteiger partial charge in [0.2, 0.25) is 0 Å². The van der Waals surface area contributed by atoms with Crippen molar-refractivity contribution >= 4 is 5.97 Å². The molecule has 2 rings (SSSR count). The summed E-state index contributed by atoms with van der Waals surface area (Å²) in [5, 5.41) is 0. The number of ether oxygens (including phenoxy) is 1. The average Bonchev–Trinajstić information content (AvgIpc) is 2.88. The second-order valence-corrected chi connectivity index (χ2v) is 4.64. The van der Waals surface area contributed by atoms with Crippen molar-refractivity contribution in [3.05, 3.63) is 35.6 Å². The van der Waals surface area contributed by atoms with E-state index in [2.05, 4.69) is 4.90 Å². The van der Waals surface area contributed by atoms with E-state index in [0.717, 1.165) is 25.9 Å². The van der Waals surface area contributed by atoms with Gasteiger partial charge in [-0.05, 0) is 43.6 Å². The second-order valence-electron chi connectivity index (χ2n) is 4.64. The van der Waals surface area contributed by atoms with Crippen LogP contribution in [-0.2, 0) is 9.53 Å². The normalized spacial score (nSPS) is 17.7. The smallest absolute Gasteiger partial charge is 0.314 e. The van der Waals surface area contributed by atoms with Crippen molar-refractivity contribution in [2.75, 3.05) is 26.7 Å². The van der Waals surface area contributed by atoms with Gasteiger partial charge >= 0.3 is 5.97 Å². The molecule has 0 radical (unpaired) electrons. The number of esters is 1. The Labute approximate surface area is 107 Å². The number of methoxy groups -OCH3 is 1. The summed E-state index contributed by atoms with van der Waals surface area (Å²) in [4.78, 5) is 14.1. The third-order valence-electron chi connectivity index (χ3n) is 3.38. The van der Waals surface area contributed by atoms with Crippen molar-refractivity contribution in [3.8, 4) is 0 Å². The molecule has 1 aliphatic heterocycles. The molecule has 0 aliphatic carbocycles. The lowest BCUT2D eigenvalue weighted by molar-refractivity contribution is -0.142. The van der Waals surface area contributed by atoms with E-state index < -0.39 is 5.92 Å². The fraction of sp³-hybridized carbons (Fsp3) is 0.500. The van der Waals surface area contributed by atoms with E-state index >= 15 is 0 Å². The van der Waals surface area contributed by atoms with E-state index in [9.17, 15) is 9.18 Å². The molecule has 1 fully saturated rings. The summed E-state index contributed by atoms with van der Waals surface area (Å²) in [6.07, 6.45) is 2.33. The molecule has 0 saturated carbocycles. The number of hydrogen-bond acceptors (Lipinski definition) is 3. The maximum absolute atomic E-state index is 13.2. The highest BCUT2D eigenvalue weighted by Gasteiger charge is 2.25. The van der Waals surface area contributed by atoms with Crippen molar-refractivity contribution in [2.45, 2.75) is 18.8 Å². The Morgan fingerprint density at radius 2 is 2.17 bits per heavy atom. The van der Waals surface area contributed by atoms with Crippen LogP contribution in [0, 0.1) is 5.82 Å². The van der Waals surface area contributed by atoms with E-state index in [-0.39, 0.29) is 11.8 Å². The van der Waals surface area contributed by atoms with Gasteiger partial charge < -0.3 is 9.64 Å². The van der Waals surface area contributed by atoms with Crippen LogP contribution >= 0.6 is 0 Å². The lowest BCUT2D eigenvalue weighted by Crippen LogP contribution is -2.30. The van der Waals surface area contributed by atoms with Crippen LogP contribution in [0.1, 0.15) is 24.3 Å². The topological polar surface area (TPSA) is 29.5 Å². The van der Waals surface area contributed by atoms with E-state index in [1.165, 1.54) is 19.2 Å². The van der Waals surface area contributed by atoms with E-state index in [1.807, 2.05) is 0 Å². The Kier molecular flexibility index (Phi) is 4.31. The van der Waals surface area contributed by atoms with E-state index in [1.54, 1.807) is 12.1 Å². The van der Waals surface area contributed by atoms with Crippen LogP contribution in [0.3, 0.4) is 0 Å². The zero-order chi connectivity index (χ0) is 13.0. The van der Waals surface area contributed by atoms with Gasteiger partial charge in [0.15, 0.2) is 0 Å². The fourth-order valence-corrected chi connectivity index (χ4v) is 2.41. The molecule has 0 aromatic heterocycles. The first-order chi connectivity index (χ1) is 8.70. The first kappa shape index (κ1) is 13.0. The number of carbonyl (C=O) groups is 1. The molecular weight excluding hydrogens is 233 g/mol. The van der Waals surface area contributed by atoms with Crippen molar-refractivity contribution in [2.24, 2.45) is 0 Å². The molecule has 1 atom stereocenters. The quantitative estimate of drug-likeness (QED) is 0.768. The highest BCUT2D eigenvalue weighted by atomic mass is 19.1. The Bertz CT molecular complexity index is 416. The van der Waals surface area contributed by atoms with Gasteiger partial charge in [0, 0.05) is 6.54 Å². The number of carbonyl (C=O) groups excluding carboxylic acids is 1. The SMILES string of the molecule is COC(=O)C(CN1CCCC1)c1cccc(F)c1. The molecule has 1 aliphatic rings. The molecule has 1 aromatic rings. The molecule has 0 spiro atoms. The summed E-state index contributed by atoms with van der Waals surface area (Å²) in [6, 6.07) is 6.21. The Balaban J connectivity index is 2.16. The molecule has 0 bridgehead atoms. The van der Waals surface area contributed by atoms with Crippen LogP contribution in [0.25, 0.3) is 0 Å². The Morgan fingerprint density at radius 1 is 1.44 bits per heavy atom. The number of hydrogen-bond donors (Lipinski definition) is 0. The summed E-state index contributed by atoms with van der Waals surface area (Å²) in [7, 11) is 1.37. The van der Waals surface area contributed by atoms with Gasteiger partial charge in [-0.25, -0.2) is 4.39 Å².